The quantitative estimate of drug-likeness (QED) is 0.141. The van der Waals surface area contributed by atoms with Crippen LogP contribution in [0, 0.1) is 5.41 Å². The van der Waals surface area contributed by atoms with Gasteiger partial charge in [0.25, 0.3) is 5.91 Å². The Kier molecular flexibility index (Phi) is 8.74. The summed E-state index contributed by atoms with van der Waals surface area (Å²) in [5.41, 5.74) is 4.37. The molecule has 0 aliphatic heterocycles. The van der Waals surface area contributed by atoms with E-state index in [4.69, 9.17) is 13.9 Å². The van der Waals surface area contributed by atoms with Gasteiger partial charge >= 0.3 is 5.97 Å². The molecule has 7 nitrogen and oxygen atoms in total. The Morgan fingerprint density at radius 1 is 1.06 bits per heavy atom. The van der Waals surface area contributed by atoms with Crippen molar-refractivity contribution in [1.82, 2.24) is 5.43 Å². The number of nitrogens with one attached hydrogen (secondary N) is 1. The maximum Gasteiger partial charge on any atom is 0.379 e. The molecule has 2 aromatic carbocycles. The van der Waals surface area contributed by atoms with Crippen LogP contribution in [0.4, 0.5) is 0 Å². The molecule has 0 bridgehead atoms. The molecule has 1 aromatic heterocycles. The minimum absolute atomic E-state index is 0.0282. The Morgan fingerprint density at radius 3 is 2.42 bits per heavy atom. The van der Waals surface area contributed by atoms with Gasteiger partial charge in [-0.2, -0.15) is 5.10 Å². The van der Waals surface area contributed by atoms with Gasteiger partial charge in [0.2, 0.25) is 5.76 Å². The monoisotopic (exact) mass is 554 g/mol. The Morgan fingerprint density at radius 2 is 1.78 bits per heavy atom. The van der Waals surface area contributed by atoms with Crippen molar-refractivity contribution in [3.63, 3.8) is 0 Å². The van der Waals surface area contributed by atoms with E-state index >= 15 is 0 Å². The van der Waals surface area contributed by atoms with Crippen molar-refractivity contribution >= 4 is 34.0 Å². The van der Waals surface area contributed by atoms with Crippen LogP contribution in [0.15, 0.2) is 74.9 Å². The lowest BCUT2D eigenvalue weighted by atomic mass is 9.72. The van der Waals surface area contributed by atoms with Crippen LogP contribution in [0.1, 0.15) is 62.7 Å². The average Bonchev–Trinajstić information content (AvgIpc) is 3.33. The van der Waals surface area contributed by atoms with Crippen LogP contribution < -0.4 is 14.9 Å². The molecule has 1 heterocycles. The summed E-state index contributed by atoms with van der Waals surface area (Å²) in [6, 6.07) is 16.0. The normalized spacial score (nSPS) is 11.9. The second kappa shape index (κ2) is 11.6. The van der Waals surface area contributed by atoms with Gasteiger partial charge in [0, 0.05) is 10.0 Å². The lowest BCUT2D eigenvalue weighted by Crippen LogP contribution is -2.25. The summed E-state index contributed by atoms with van der Waals surface area (Å²) in [7, 11) is 0. The SMILES string of the molecule is CC(C)(C)CC(C)(C)c1ccc(OCC(=O)N/N=C\c2cc(Br)ccc2OC(=O)c2ccco2)cc1. The molecule has 3 rings (SSSR count). The highest BCUT2D eigenvalue weighted by molar-refractivity contribution is 9.10. The molecule has 1 N–H and O–H groups in total. The van der Waals surface area contributed by atoms with Gasteiger partial charge in [-0.25, -0.2) is 10.2 Å². The number of nitrogens with zero attached hydrogens (tertiary/aromatic N) is 1. The van der Waals surface area contributed by atoms with Crippen LogP contribution in [0.25, 0.3) is 0 Å². The van der Waals surface area contributed by atoms with Gasteiger partial charge in [-0.05, 0) is 65.3 Å². The van der Waals surface area contributed by atoms with E-state index in [-0.39, 0.29) is 28.9 Å². The first kappa shape index (κ1) is 27.2. The van der Waals surface area contributed by atoms with Gasteiger partial charge in [-0.3, -0.25) is 4.79 Å². The number of carbonyl (C=O) groups is 2. The Hall–Kier alpha value is -3.39. The van der Waals surface area contributed by atoms with Crippen molar-refractivity contribution in [1.29, 1.82) is 0 Å². The lowest BCUT2D eigenvalue weighted by Gasteiger charge is -2.33. The first-order valence-electron chi connectivity index (χ1n) is 11.5. The predicted octanol–water partition coefficient (Wildman–Crippen LogP) is 6.50. The zero-order valence-electron chi connectivity index (χ0n) is 21.1. The fraction of sp³-hybridized carbons (Fsp3) is 0.321. The molecule has 8 heteroatoms. The summed E-state index contributed by atoms with van der Waals surface area (Å²) in [6.45, 7) is 11.0. The van der Waals surface area contributed by atoms with Gasteiger partial charge in [-0.1, -0.05) is 62.7 Å². The molecule has 190 valence electrons. The highest BCUT2D eigenvalue weighted by Crippen LogP contribution is 2.36. The standard InChI is InChI=1S/C28H31BrN2O5/c1-27(2,3)18-28(4,5)20-8-11-22(12-9-20)35-17-25(32)31-30-16-19-15-21(29)10-13-23(19)36-26(33)24-7-6-14-34-24/h6-16H,17-18H2,1-5H3,(H,31,32)/b30-16-. The molecule has 0 saturated carbocycles. The van der Waals surface area contributed by atoms with Gasteiger partial charge in [0.15, 0.2) is 6.61 Å². The number of carbonyl (C=O) groups excluding carboxylic acids is 2. The van der Waals surface area contributed by atoms with Crippen molar-refractivity contribution in [2.75, 3.05) is 6.61 Å². The molecule has 0 saturated heterocycles. The van der Waals surface area contributed by atoms with Crippen LogP contribution in [0.3, 0.4) is 0 Å². The van der Waals surface area contributed by atoms with Crippen LogP contribution >= 0.6 is 15.9 Å². The van der Waals surface area contributed by atoms with Crippen LogP contribution in [0.5, 0.6) is 11.5 Å². The van der Waals surface area contributed by atoms with Crippen molar-refractivity contribution in [2.24, 2.45) is 10.5 Å². The number of furan rings is 1. The smallest absolute Gasteiger partial charge is 0.379 e. The summed E-state index contributed by atoms with van der Waals surface area (Å²) in [4.78, 5) is 24.4. The predicted molar refractivity (Wildman–Crippen MR) is 143 cm³/mol. The minimum atomic E-state index is -0.637. The van der Waals surface area contributed by atoms with E-state index < -0.39 is 11.9 Å². The lowest BCUT2D eigenvalue weighted by molar-refractivity contribution is -0.123. The maximum atomic E-state index is 12.2. The van der Waals surface area contributed by atoms with E-state index in [1.807, 2.05) is 24.3 Å². The molecule has 1 amide bonds. The molecular formula is C28H31BrN2O5. The number of hydrogen-bond donors (Lipinski definition) is 1. The Balaban J connectivity index is 1.55. The van der Waals surface area contributed by atoms with Crippen molar-refractivity contribution < 1.29 is 23.5 Å². The molecule has 36 heavy (non-hydrogen) atoms. The molecule has 0 atom stereocenters. The van der Waals surface area contributed by atoms with Gasteiger partial charge in [-0.15, -0.1) is 0 Å². The number of hydrazone groups is 1. The summed E-state index contributed by atoms with van der Waals surface area (Å²) in [6.07, 6.45) is 3.82. The molecule has 3 aromatic rings. The molecule has 0 unspecified atom stereocenters. The minimum Gasteiger partial charge on any atom is -0.484 e. The van der Waals surface area contributed by atoms with Crippen LogP contribution in [-0.4, -0.2) is 24.7 Å². The molecule has 0 fully saturated rings. The van der Waals surface area contributed by atoms with E-state index in [0.717, 1.165) is 10.9 Å². The summed E-state index contributed by atoms with van der Waals surface area (Å²) in [5.74, 6) is -0.112. The summed E-state index contributed by atoms with van der Waals surface area (Å²) >= 11 is 3.38. The molecule has 0 spiro atoms. The van der Waals surface area contributed by atoms with Crippen molar-refractivity contribution in [2.45, 2.75) is 46.5 Å². The summed E-state index contributed by atoms with van der Waals surface area (Å²) < 4.78 is 16.8. The van der Waals surface area contributed by atoms with Crippen molar-refractivity contribution in [3.8, 4) is 11.5 Å². The van der Waals surface area contributed by atoms with Gasteiger partial charge < -0.3 is 13.9 Å². The van der Waals surface area contributed by atoms with Crippen LogP contribution in [-0.2, 0) is 10.2 Å². The Labute approximate surface area is 220 Å². The first-order chi connectivity index (χ1) is 16.9. The number of benzene rings is 2. The first-order valence-corrected chi connectivity index (χ1v) is 12.3. The molecule has 0 aliphatic rings. The number of esters is 1. The van der Waals surface area contributed by atoms with E-state index in [1.165, 1.54) is 24.1 Å². The average molecular weight is 555 g/mol. The number of hydrogen-bond acceptors (Lipinski definition) is 6. The zero-order valence-corrected chi connectivity index (χ0v) is 22.7. The zero-order chi connectivity index (χ0) is 26.3. The fourth-order valence-electron chi connectivity index (χ4n) is 4.04. The maximum absolute atomic E-state index is 12.2. The van der Waals surface area contributed by atoms with E-state index in [0.29, 0.717) is 11.3 Å². The Bertz CT molecular complexity index is 1210. The highest BCUT2D eigenvalue weighted by Gasteiger charge is 2.27. The number of halogens is 1. The van der Waals surface area contributed by atoms with Crippen molar-refractivity contribution in [3.05, 3.63) is 82.2 Å². The van der Waals surface area contributed by atoms with Gasteiger partial charge in [0.1, 0.15) is 11.5 Å². The second-order valence-electron chi connectivity index (χ2n) is 10.3. The largest absolute Gasteiger partial charge is 0.484 e. The third-order valence-corrected chi connectivity index (χ3v) is 5.76. The van der Waals surface area contributed by atoms with Gasteiger partial charge in [0.05, 0.1) is 12.5 Å². The molecule has 0 radical (unpaired) electrons. The molecular weight excluding hydrogens is 524 g/mol. The number of amides is 1. The van der Waals surface area contributed by atoms with E-state index in [1.54, 1.807) is 24.3 Å². The topological polar surface area (TPSA) is 90.1 Å². The number of ether oxygens (including phenoxy) is 2. The summed E-state index contributed by atoms with van der Waals surface area (Å²) in [5, 5.41) is 3.97. The third-order valence-electron chi connectivity index (χ3n) is 5.27. The second-order valence-corrected chi connectivity index (χ2v) is 11.2. The number of rotatable bonds is 9. The molecule has 0 aliphatic carbocycles. The van der Waals surface area contributed by atoms with E-state index in [9.17, 15) is 9.59 Å². The fourth-order valence-corrected chi connectivity index (χ4v) is 4.42. The third kappa shape index (κ3) is 8.09. The van der Waals surface area contributed by atoms with E-state index in [2.05, 4.69) is 61.1 Å². The highest BCUT2D eigenvalue weighted by atomic mass is 79.9. The van der Waals surface area contributed by atoms with Crippen LogP contribution in [0.2, 0.25) is 0 Å².